The first-order valence-electron chi connectivity index (χ1n) is 7.89. The number of benzene rings is 1. The Bertz CT molecular complexity index is 606. The fourth-order valence-corrected chi connectivity index (χ4v) is 3.87. The van der Waals surface area contributed by atoms with Crippen molar-refractivity contribution in [3.05, 3.63) is 34.7 Å². The fourth-order valence-electron chi connectivity index (χ4n) is 2.89. The van der Waals surface area contributed by atoms with Gasteiger partial charge in [0.2, 0.25) is 0 Å². The van der Waals surface area contributed by atoms with Gasteiger partial charge in [-0.05, 0) is 43.0 Å². The molecular formula is C18H23NO2S. The van der Waals surface area contributed by atoms with Crippen LogP contribution in [0.25, 0.3) is 11.3 Å². The van der Waals surface area contributed by atoms with Crippen molar-refractivity contribution < 1.29 is 9.47 Å². The van der Waals surface area contributed by atoms with E-state index in [4.69, 9.17) is 14.5 Å². The number of ether oxygens (including phenoxy) is 2. The van der Waals surface area contributed by atoms with Crippen molar-refractivity contribution in [2.24, 2.45) is 5.92 Å². The van der Waals surface area contributed by atoms with Crippen molar-refractivity contribution in [2.45, 2.75) is 38.7 Å². The molecule has 118 valence electrons. The van der Waals surface area contributed by atoms with Gasteiger partial charge in [0.15, 0.2) is 0 Å². The normalized spacial score (nSPS) is 22.0. The Kier molecular flexibility index (Phi) is 4.79. The molecule has 1 saturated heterocycles. The molecule has 0 spiro atoms. The molecular weight excluding hydrogens is 294 g/mol. The smallest absolute Gasteiger partial charge is 0.118 e. The Morgan fingerprint density at radius 3 is 2.73 bits per heavy atom. The van der Waals surface area contributed by atoms with Crippen LogP contribution in [0.5, 0.6) is 5.75 Å². The standard InChI is InChI=1S/C18H23NO2S/c1-12(2)17-10-14(8-9-21-17)18-19-16(11-22-18)13-4-6-15(20-3)7-5-13/h4-7,11-12,14,17H,8-10H2,1-3H3/t14-,17+/m0/s1. The molecule has 0 N–H and O–H groups in total. The molecule has 3 nitrogen and oxygen atoms in total. The summed E-state index contributed by atoms with van der Waals surface area (Å²) >= 11 is 1.78. The van der Waals surface area contributed by atoms with E-state index < -0.39 is 0 Å². The molecule has 0 radical (unpaired) electrons. The number of nitrogens with zero attached hydrogens (tertiary/aromatic N) is 1. The number of rotatable bonds is 4. The van der Waals surface area contributed by atoms with Gasteiger partial charge in [-0.3, -0.25) is 0 Å². The van der Waals surface area contributed by atoms with Crippen LogP contribution in [0.2, 0.25) is 0 Å². The first-order chi connectivity index (χ1) is 10.7. The van der Waals surface area contributed by atoms with Gasteiger partial charge >= 0.3 is 0 Å². The maximum atomic E-state index is 5.87. The van der Waals surface area contributed by atoms with Crippen LogP contribution in [0.4, 0.5) is 0 Å². The average Bonchev–Trinajstić information content (AvgIpc) is 3.05. The van der Waals surface area contributed by atoms with Gasteiger partial charge in [0.25, 0.3) is 0 Å². The molecule has 1 aliphatic heterocycles. The van der Waals surface area contributed by atoms with E-state index in [-0.39, 0.29) is 0 Å². The van der Waals surface area contributed by atoms with E-state index in [0.29, 0.717) is 17.9 Å². The van der Waals surface area contributed by atoms with Gasteiger partial charge in [0.1, 0.15) is 5.75 Å². The summed E-state index contributed by atoms with van der Waals surface area (Å²) in [5.41, 5.74) is 2.21. The van der Waals surface area contributed by atoms with Crippen molar-refractivity contribution in [1.82, 2.24) is 4.98 Å². The predicted octanol–water partition coefficient (Wildman–Crippen LogP) is 4.74. The summed E-state index contributed by atoms with van der Waals surface area (Å²) in [4.78, 5) is 4.88. The zero-order valence-electron chi connectivity index (χ0n) is 13.4. The molecule has 0 unspecified atom stereocenters. The quantitative estimate of drug-likeness (QED) is 0.816. The minimum Gasteiger partial charge on any atom is -0.497 e. The Labute approximate surface area is 136 Å². The van der Waals surface area contributed by atoms with E-state index in [0.717, 1.165) is 36.5 Å². The lowest BCUT2D eigenvalue weighted by Gasteiger charge is -2.30. The van der Waals surface area contributed by atoms with Gasteiger partial charge in [0.05, 0.1) is 23.9 Å². The maximum Gasteiger partial charge on any atom is 0.118 e. The zero-order valence-corrected chi connectivity index (χ0v) is 14.2. The molecule has 2 aromatic rings. The van der Waals surface area contributed by atoms with Gasteiger partial charge in [-0.25, -0.2) is 4.98 Å². The SMILES string of the molecule is COc1ccc(-c2csc([C@H]3CCO[C@@H](C(C)C)C3)n2)cc1. The topological polar surface area (TPSA) is 31.4 Å². The lowest BCUT2D eigenvalue weighted by atomic mass is 9.91. The molecule has 4 heteroatoms. The summed E-state index contributed by atoms with van der Waals surface area (Å²) in [6, 6.07) is 8.10. The van der Waals surface area contributed by atoms with Crippen molar-refractivity contribution in [3.63, 3.8) is 0 Å². The van der Waals surface area contributed by atoms with E-state index in [1.807, 2.05) is 12.1 Å². The lowest BCUT2D eigenvalue weighted by Crippen LogP contribution is -2.28. The third kappa shape index (κ3) is 3.33. The monoisotopic (exact) mass is 317 g/mol. The Balaban J connectivity index is 1.75. The third-order valence-corrected chi connectivity index (χ3v) is 5.32. The third-order valence-electron chi connectivity index (χ3n) is 4.32. The van der Waals surface area contributed by atoms with Crippen LogP contribution >= 0.6 is 11.3 Å². The molecule has 2 atom stereocenters. The van der Waals surface area contributed by atoms with Gasteiger partial charge in [-0.15, -0.1) is 11.3 Å². The predicted molar refractivity (Wildman–Crippen MR) is 90.7 cm³/mol. The molecule has 22 heavy (non-hydrogen) atoms. The molecule has 1 aromatic carbocycles. The molecule has 0 saturated carbocycles. The summed E-state index contributed by atoms with van der Waals surface area (Å²) in [7, 11) is 1.69. The molecule has 0 aliphatic carbocycles. The van der Waals surface area contributed by atoms with Gasteiger partial charge < -0.3 is 9.47 Å². The first-order valence-corrected chi connectivity index (χ1v) is 8.76. The summed E-state index contributed by atoms with van der Waals surface area (Å²) in [5.74, 6) is 1.99. The number of hydrogen-bond donors (Lipinski definition) is 0. The fraction of sp³-hybridized carbons (Fsp3) is 0.500. The molecule has 3 rings (SSSR count). The van der Waals surface area contributed by atoms with E-state index in [2.05, 4.69) is 31.4 Å². The number of methoxy groups -OCH3 is 1. The molecule has 1 aliphatic rings. The van der Waals surface area contributed by atoms with Crippen molar-refractivity contribution in [2.75, 3.05) is 13.7 Å². The van der Waals surface area contributed by atoms with E-state index in [1.165, 1.54) is 5.01 Å². The minimum absolute atomic E-state index is 0.368. The second kappa shape index (κ2) is 6.80. The van der Waals surface area contributed by atoms with Crippen LogP contribution in [0.3, 0.4) is 0 Å². The highest BCUT2D eigenvalue weighted by Gasteiger charge is 2.27. The van der Waals surface area contributed by atoms with Crippen LogP contribution in [0.1, 0.15) is 37.6 Å². The highest BCUT2D eigenvalue weighted by atomic mass is 32.1. The summed E-state index contributed by atoms with van der Waals surface area (Å²) in [5, 5.41) is 3.41. The lowest BCUT2D eigenvalue weighted by molar-refractivity contribution is -0.0201. The second-order valence-corrected chi connectivity index (χ2v) is 7.06. The summed E-state index contributed by atoms with van der Waals surface area (Å²) < 4.78 is 11.1. The van der Waals surface area contributed by atoms with Gasteiger partial charge in [0, 0.05) is 23.5 Å². The second-order valence-electron chi connectivity index (χ2n) is 6.17. The molecule has 2 heterocycles. The van der Waals surface area contributed by atoms with Crippen LogP contribution < -0.4 is 4.74 Å². The average molecular weight is 317 g/mol. The van der Waals surface area contributed by atoms with Crippen LogP contribution in [0.15, 0.2) is 29.6 Å². The molecule has 1 aromatic heterocycles. The van der Waals surface area contributed by atoms with Crippen molar-refractivity contribution in [1.29, 1.82) is 0 Å². The maximum absolute atomic E-state index is 5.87. The summed E-state index contributed by atoms with van der Waals surface area (Å²) in [6.07, 6.45) is 2.54. The van der Waals surface area contributed by atoms with Crippen molar-refractivity contribution in [3.8, 4) is 17.0 Å². The van der Waals surface area contributed by atoms with Crippen LogP contribution in [0, 0.1) is 5.92 Å². The Hall–Kier alpha value is -1.39. The highest BCUT2D eigenvalue weighted by molar-refractivity contribution is 7.10. The molecule has 0 bridgehead atoms. The number of aromatic nitrogens is 1. The van der Waals surface area contributed by atoms with E-state index in [1.54, 1.807) is 18.4 Å². The van der Waals surface area contributed by atoms with Crippen molar-refractivity contribution >= 4 is 11.3 Å². The van der Waals surface area contributed by atoms with E-state index >= 15 is 0 Å². The number of hydrogen-bond acceptors (Lipinski definition) is 4. The summed E-state index contributed by atoms with van der Waals surface area (Å²) in [6.45, 7) is 5.32. The largest absolute Gasteiger partial charge is 0.497 e. The minimum atomic E-state index is 0.368. The first kappa shape index (κ1) is 15.5. The number of thiazole rings is 1. The Morgan fingerprint density at radius 1 is 1.27 bits per heavy atom. The molecule has 1 fully saturated rings. The van der Waals surface area contributed by atoms with Gasteiger partial charge in [-0.1, -0.05) is 13.8 Å². The van der Waals surface area contributed by atoms with E-state index in [9.17, 15) is 0 Å². The zero-order chi connectivity index (χ0) is 15.5. The molecule has 0 amide bonds. The van der Waals surface area contributed by atoms with Gasteiger partial charge in [-0.2, -0.15) is 0 Å². The Morgan fingerprint density at radius 2 is 2.05 bits per heavy atom. The van der Waals surface area contributed by atoms with Crippen LogP contribution in [-0.4, -0.2) is 24.8 Å². The highest BCUT2D eigenvalue weighted by Crippen LogP contribution is 2.36. The van der Waals surface area contributed by atoms with Crippen LogP contribution in [-0.2, 0) is 4.74 Å².